The Hall–Kier alpha value is -0.0400. The van der Waals surface area contributed by atoms with Crippen molar-refractivity contribution in [1.29, 1.82) is 0 Å². The highest BCUT2D eigenvalue weighted by Gasteiger charge is 2.48. The minimum Gasteiger partial charge on any atom is -0.306 e. The zero-order valence-corrected chi connectivity index (χ0v) is 11.8. The van der Waals surface area contributed by atoms with Crippen molar-refractivity contribution in [1.82, 2.24) is 4.90 Å². The van der Waals surface area contributed by atoms with Gasteiger partial charge >= 0.3 is 0 Å². The van der Waals surface area contributed by atoms with Gasteiger partial charge < -0.3 is 4.90 Å². The SMILES string of the molecule is CN1CCC(C)(C)C(C)(C)C(C)(C)CC1. The van der Waals surface area contributed by atoms with Crippen LogP contribution in [0.15, 0.2) is 0 Å². The van der Waals surface area contributed by atoms with Crippen molar-refractivity contribution in [3.8, 4) is 0 Å². The van der Waals surface area contributed by atoms with Crippen LogP contribution >= 0.6 is 0 Å². The molecule has 1 fully saturated rings. The fourth-order valence-corrected chi connectivity index (χ4v) is 2.59. The summed E-state index contributed by atoms with van der Waals surface area (Å²) in [5.41, 5.74) is 1.25. The number of nitrogens with zero attached hydrogens (tertiary/aromatic N) is 1. The van der Waals surface area contributed by atoms with Gasteiger partial charge in [0.2, 0.25) is 0 Å². The van der Waals surface area contributed by atoms with Crippen LogP contribution in [0.2, 0.25) is 0 Å². The van der Waals surface area contributed by atoms with Gasteiger partial charge in [0.25, 0.3) is 0 Å². The molecule has 1 saturated heterocycles. The predicted molar refractivity (Wildman–Crippen MR) is 68.1 cm³/mol. The molecule has 0 aromatic rings. The van der Waals surface area contributed by atoms with Crippen molar-refractivity contribution >= 4 is 0 Å². The van der Waals surface area contributed by atoms with Crippen LogP contribution in [0, 0.1) is 16.2 Å². The molecule has 0 aromatic heterocycles. The Morgan fingerprint density at radius 3 is 1.40 bits per heavy atom. The normalized spacial score (nSPS) is 30.6. The first kappa shape index (κ1) is 13.0. The highest BCUT2D eigenvalue weighted by atomic mass is 15.1. The molecule has 1 heterocycles. The van der Waals surface area contributed by atoms with Crippen molar-refractivity contribution in [3.63, 3.8) is 0 Å². The van der Waals surface area contributed by atoms with E-state index in [-0.39, 0.29) is 0 Å². The van der Waals surface area contributed by atoms with Crippen LogP contribution in [0.3, 0.4) is 0 Å². The molecule has 90 valence electrons. The van der Waals surface area contributed by atoms with Gasteiger partial charge in [-0.25, -0.2) is 0 Å². The van der Waals surface area contributed by atoms with Crippen LogP contribution < -0.4 is 0 Å². The average molecular weight is 211 g/mol. The second-order valence-electron chi connectivity index (χ2n) is 7.20. The van der Waals surface area contributed by atoms with Crippen molar-refractivity contribution < 1.29 is 0 Å². The third-order valence-corrected chi connectivity index (χ3v) is 5.62. The van der Waals surface area contributed by atoms with Gasteiger partial charge in [-0.3, -0.25) is 0 Å². The van der Waals surface area contributed by atoms with E-state index < -0.39 is 0 Å². The Balaban J connectivity index is 3.00. The molecule has 0 amide bonds. The molecule has 0 atom stereocenters. The van der Waals surface area contributed by atoms with E-state index in [1.807, 2.05) is 0 Å². The number of likely N-dealkylation sites (tertiary alicyclic amines) is 1. The standard InChI is InChI=1S/C14H29N/c1-12(2)8-10-15(7)11-9-13(3,4)14(12,5)6/h8-11H2,1-7H3. The zero-order valence-electron chi connectivity index (χ0n) is 11.8. The first-order valence-corrected chi connectivity index (χ1v) is 6.29. The summed E-state index contributed by atoms with van der Waals surface area (Å²) in [5.74, 6) is 0. The third-order valence-electron chi connectivity index (χ3n) is 5.62. The van der Waals surface area contributed by atoms with Crippen molar-refractivity contribution in [3.05, 3.63) is 0 Å². The molecule has 1 aliphatic heterocycles. The maximum absolute atomic E-state index is 2.48. The minimum absolute atomic E-state index is 0.404. The van der Waals surface area contributed by atoms with E-state index in [1.165, 1.54) is 25.9 Å². The summed E-state index contributed by atoms with van der Waals surface area (Å²) in [7, 11) is 2.25. The van der Waals surface area contributed by atoms with Gasteiger partial charge in [-0.1, -0.05) is 41.5 Å². The largest absolute Gasteiger partial charge is 0.306 e. The Morgan fingerprint density at radius 2 is 1.07 bits per heavy atom. The molecule has 0 radical (unpaired) electrons. The quantitative estimate of drug-likeness (QED) is 0.589. The lowest BCUT2D eigenvalue weighted by molar-refractivity contribution is -0.0512. The summed E-state index contributed by atoms with van der Waals surface area (Å²) < 4.78 is 0. The molecule has 0 aromatic carbocycles. The van der Waals surface area contributed by atoms with Crippen LogP contribution in [0.4, 0.5) is 0 Å². The number of hydrogen-bond donors (Lipinski definition) is 0. The smallest absolute Gasteiger partial charge is 0.00165 e. The van der Waals surface area contributed by atoms with Crippen LogP contribution in [0.1, 0.15) is 54.4 Å². The summed E-state index contributed by atoms with van der Waals surface area (Å²) in [4.78, 5) is 2.48. The fourth-order valence-electron chi connectivity index (χ4n) is 2.59. The Labute approximate surface area is 96.2 Å². The predicted octanol–water partition coefficient (Wildman–Crippen LogP) is 3.79. The van der Waals surface area contributed by atoms with E-state index in [0.717, 1.165) is 0 Å². The number of rotatable bonds is 0. The summed E-state index contributed by atoms with van der Waals surface area (Å²) in [6, 6.07) is 0. The first-order valence-electron chi connectivity index (χ1n) is 6.29. The average Bonchev–Trinajstić information content (AvgIpc) is 2.10. The second-order valence-corrected chi connectivity index (χ2v) is 7.20. The molecule has 0 bridgehead atoms. The molecular weight excluding hydrogens is 182 g/mol. The lowest BCUT2D eigenvalue weighted by Gasteiger charge is -2.54. The van der Waals surface area contributed by atoms with Crippen LogP contribution in [-0.4, -0.2) is 25.0 Å². The molecule has 0 N–H and O–H groups in total. The highest BCUT2D eigenvalue weighted by Crippen LogP contribution is 2.55. The molecule has 1 aliphatic rings. The maximum atomic E-state index is 2.48. The maximum Gasteiger partial charge on any atom is -0.00165 e. The molecule has 1 rings (SSSR count). The summed E-state index contributed by atoms with van der Waals surface area (Å²) in [6.07, 6.45) is 2.61. The van der Waals surface area contributed by atoms with Gasteiger partial charge in [0.15, 0.2) is 0 Å². The Kier molecular flexibility index (Phi) is 3.27. The van der Waals surface area contributed by atoms with E-state index in [4.69, 9.17) is 0 Å². The van der Waals surface area contributed by atoms with Crippen molar-refractivity contribution in [2.45, 2.75) is 54.4 Å². The van der Waals surface area contributed by atoms with Crippen LogP contribution in [0.25, 0.3) is 0 Å². The number of hydrogen-bond acceptors (Lipinski definition) is 1. The fraction of sp³-hybridized carbons (Fsp3) is 1.00. The molecule has 1 nitrogen and oxygen atoms in total. The molecular formula is C14H29N. The van der Waals surface area contributed by atoms with Crippen molar-refractivity contribution in [2.75, 3.05) is 20.1 Å². The lowest BCUT2D eigenvalue weighted by atomic mass is 9.52. The molecule has 0 spiro atoms. The van der Waals surface area contributed by atoms with Crippen LogP contribution in [-0.2, 0) is 0 Å². The Bertz CT molecular complexity index is 203. The zero-order chi connectivity index (χ0) is 11.9. The molecule has 1 heteroatoms. The van der Waals surface area contributed by atoms with E-state index in [9.17, 15) is 0 Å². The van der Waals surface area contributed by atoms with Gasteiger partial charge in [-0.05, 0) is 49.2 Å². The topological polar surface area (TPSA) is 3.24 Å². The first-order chi connectivity index (χ1) is 6.60. The lowest BCUT2D eigenvalue weighted by Crippen LogP contribution is -2.49. The van der Waals surface area contributed by atoms with Gasteiger partial charge in [0, 0.05) is 0 Å². The van der Waals surface area contributed by atoms with Gasteiger partial charge in [0.05, 0.1) is 0 Å². The van der Waals surface area contributed by atoms with Gasteiger partial charge in [0.1, 0.15) is 0 Å². The Morgan fingerprint density at radius 1 is 0.733 bits per heavy atom. The van der Waals surface area contributed by atoms with Crippen LogP contribution in [0.5, 0.6) is 0 Å². The highest BCUT2D eigenvalue weighted by molar-refractivity contribution is 4.98. The van der Waals surface area contributed by atoms with Crippen molar-refractivity contribution in [2.24, 2.45) is 16.2 Å². The van der Waals surface area contributed by atoms with E-state index >= 15 is 0 Å². The van der Waals surface area contributed by atoms with E-state index in [1.54, 1.807) is 0 Å². The summed E-state index contributed by atoms with van der Waals surface area (Å²) >= 11 is 0. The van der Waals surface area contributed by atoms with E-state index in [0.29, 0.717) is 16.2 Å². The molecule has 0 saturated carbocycles. The summed E-state index contributed by atoms with van der Waals surface area (Å²) in [5, 5.41) is 0. The third kappa shape index (κ3) is 2.22. The second kappa shape index (κ2) is 3.76. The molecule has 0 aliphatic carbocycles. The monoisotopic (exact) mass is 211 g/mol. The van der Waals surface area contributed by atoms with E-state index in [2.05, 4.69) is 53.5 Å². The minimum atomic E-state index is 0.404. The van der Waals surface area contributed by atoms with Gasteiger partial charge in [-0.2, -0.15) is 0 Å². The van der Waals surface area contributed by atoms with Gasteiger partial charge in [-0.15, -0.1) is 0 Å². The molecule has 15 heavy (non-hydrogen) atoms. The molecule has 0 unspecified atom stereocenters. The summed E-state index contributed by atoms with van der Waals surface area (Å²) in [6.45, 7) is 17.2.